The fraction of sp³-hybridized carbons (Fsp3) is 0.889. The summed E-state index contributed by atoms with van der Waals surface area (Å²) in [6.07, 6.45) is -0.549. The Bertz CT molecular complexity index is 261. The fourth-order valence-corrected chi connectivity index (χ4v) is 5.81. The summed E-state index contributed by atoms with van der Waals surface area (Å²) in [5.41, 5.74) is -0.167. The highest BCUT2D eigenvalue weighted by molar-refractivity contribution is 6.84. The van der Waals surface area contributed by atoms with Crippen molar-refractivity contribution in [1.82, 2.24) is 0 Å². The molecule has 2 atom stereocenters. The molecule has 0 N–H and O–H groups in total. The molecule has 0 saturated carbocycles. The van der Waals surface area contributed by atoms with Crippen LogP contribution < -0.4 is 0 Å². The van der Waals surface area contributed by atoms with E-state index < -0.39 is 18.0 Å². The van der Waals surface area contributed by atoms with E-state index in [1.54, 1.807) is 0 Å². The minimum atomic E-state index is -1.68. The summed E-state index contributed by atoms with van der Waals surface area (Å²) in [6, 6.07) is 2.00. The fourth-order valence-electron chi connectivity index (χ4n) is 1.91. The van der Waals surface area contributed by atoms with E-state index >= 15 is 0 Å². The lowest BCUT2D eigenvalue weighted by atomic mass is 10.2. The largest absolute Gasteiger partial charge is 0.457 e. The van der Waals surface area contributed by atoms with Crippen molar-refractivity contribution in [2.24, 2.45) is 0 Å². The van der Waals surface area contributed by atoms with Crippen molar-refractivity contribution in [3.8, 4) is 0 Å². The van der Waals surface area contributed by atoms with E-state index in [-0.39, 0.29) is 11.5 Å². The van der Waals surface area contributed by atoms with Crippen molar-refractivity contribution in [3.63, 3.8) is 0 Å². The van der Waals surface area contributed by atoms with Gasteiger partial charge >= 0.3 is 5.97 Å². The summed E-state index contributed by atoms with van der Waals surface area (Å²) in [5, 5.41) is 0. The number of rotatable bonds is 3. The Morgan fingerprint density at radius 2 is 1.80 bits per heavy atom. The number of esters is 1. The monoisotopic (exact) mass is 288 g/mol. The van der Waals surface area contributed by atoms with Crippen LogP contribution in [-0.2, 0) is 9.53 Å². The van der Waals surface area contributed by atoms with Gasteiger partial charge in [-0.25, -0.2) is 0 Å². The minimum absolute atomic E-state index is 0.167. The van der Waals surface area contributed by atoms with Crippen LogP contribution in [0.1, 0.15) is 13.8 Å². The number of halogens is 3. The van der Waals surface area contributed by atoms with Crippen LogP contribution in [-0.4, -0.2) is 23.9 Å². The molecule has 0 radical (unpaired) electrons. The van der Waals surface area contributed by atoms with Gasteiger partial charge in [-0.15, -0.1) is 0 Å². The summed E-state index contributed by atoms with van der Waals surface area (Å²) in [4.78, 5) is 11.5. The number of cyclic esters (lactones) is 1. The van der Waals surface area contributed by atoms with Gasteiger partial charge in [-0.3, -0.25) is 4.79 Å². The summed E-state index contributed by atoms with van der Waals surface area (Å²) >= 11 is 17.4. The average Bonchev–Trinajstić information content (AvgIpc) is 2.12. The molecule has 1 rings (SSSR count). The number of ether oxygens (including phenoxy) is 1. The topological polar surface area (TPSA) is 26.3 Å². The van der Waals surface area contributed by atoms with E-state index in [1.807, 2.05) is 0 Å². The predicted octanol–water partition coefficient (Wildman–Crippen LogP) is 3.77. The number of carbonyl (C=O) groups is 1. The van der Waals surface area contributed by atoms with Crippen LogP contribution in [0.15, 0.2) is 0 Å². The molecular weight excluding hydrogens is 275 g/mol. The Morgan fingerprint density at radius 3 is 2.07 bits per heavy atom. The first-order valence-corrected chi connectivity index (χ1v) is 9.16. The third kappa shape index (κ3) is 2.46. The molecule has 0 aromatic rings. The molecule has 88 valence electrons. The lowest BCUT2D eigenvalue weighted by molar-refractivity contribution is -0.169. The Morgan fingerprint density at radius 1 is 1.33 bits per heavy atom. The Labute approximate surface area is 106 Å². The van der Waals surface area contributed by atoms with Gasteiger partial charge in [0.1, 0.15) is 0 Å². The van der Waals surface area contributed by atoms with Gasteiger partial charge in [-0.05, 0) is 0 Å². The van der Waals surface area contributed by atoms with Crippen LogP contribution >= 0.6 is 34.8 Å². The molecular formula is C9H15Cl3O2Si. The average molecular weight is 290 g/mol. The lowest BCUT2D eigenvalue weighted by Gasteiger charge is -2.47. The molecule has 0 aliphatic carbocycles. The van der Waals surface area contributed by atoms with Crippen LogP contribution in [0, 0.1) is 0 Å². The molecule has 0 amide bonds. The molecule has 6 heteroatoms. The number of hydrogen-bond acceptors (Lipinski definition) is 2. The summed E-state index contributed by atoms with van der Waals surface area (Å²) in [7, 11) is -1.68. The summed E-state index contributed by atoms with van der Waals surface area (Å²) in [6.45, 7) is 6.36. The second kappa shape index (κ2) is 4.44. The zero-order valence-corrected chi connectivity index (χ0v) is 12.3. The van der Waals surface area contributed by atoms with Crippen LogP contribution in [0.3, 0.4) is 0 Å². The first-order valence-electron chi connectivity index (χ1n) is 5.03. The van der Waals surface area contributed by atoms with Gasteiger partial charge in [-0.2, -0.15) is 0 Å². The zero-order valence-electron chi connectivity index (χ0n) is 9.02. The van der Waals surface area contributed by atoms with Crippen LogP contribution in [0.4, 0.5) is 0 Å². The van der Waals surface area contributed by atoms with Crippen molar-refractivity contribution in [2.45, 2.75) is 47.9 Å². The smallest absolute Gasteiger partial charge is 0.310 e. The molecule has 0 aromatic carbocycles. The maximum absolute atomic E-state index is 11.5. The highest BCUT2D eigenvalue weighted by atomic mass is 35.6. The van der Waals surface area contributed by atoms with Crippen LogP contribution in [0.5, 0.6) is 0 Å². The summed E-state index contributed by atoms with van der Waals surface area (Å²) in [5.74, 6) is -0.191. The quantitative estimate of drug-likeness (QED) is 0.449. The molecule has 0 aromatic heterocycles. The van der Waals surface area contributed by atoms with E-state index in [9.17, 15) is 4.79 Å². The second-order valence-electron chi connectivity index (χ2n) is 4.24. The third-order valence-corrected chi connectivity index (χ3v) is 9.40. The molecule has 0 unspecified atom stereocenters. The summed E-state index contributed by atoms with van der Waals surface area (Å²) < 4.78 is 3.48. The van der Waals surface area contributed by atoms with Crippen molar-refractivity contribution >= 4 is 48.8 Å². The number of carbonyl (C=O) groups excluding carboxylic acids is 1. The maximum Gasteiger partial charge on any atom is 0.310 e. The van der Waals surface area contributed by atoms with E-state index in [4.69, 9.17) is 39.5 Å². The highest BCUT2D eigenvalue weighted by Crippen LogP contribution is 2.50. The maximum atomic E-state index is 11.5. The SMILES string of the molecule is CC[Si](C)(CC)[C@@H]1C(=O)O[C@H]1C(Cl)(Cl)Cl. The Balaban J connectivity index is 2.88. The standard InChI is InChI=1S/C9H15Cl3O2Si/c1-4-15(3,5-2)6-7(9(10,11)12)14-8(6)13/h6-7H,4-5H2,1-3H3/t6-,7+/m0/s1. The van der Waals surface area contributed by atoms with Crippen molar-refractivity contribution in [2.75, 3.05) is 0 Å². The normalized spacial score (nSPS) is 27.2. The van der Waals surface area contributed by atoms with Crippen molar-refractivity contribution in [1.29, 1.82) is 0 Å². The van der Waals surface area contributed by atoms with Crippen molar-refractivity contribution < 1.29 is 9.53 Å². The molecule has 1 heterocycles. The minimum Gasteiger partial charge on any atom is -0.457 e. The molecule has 1 aliphatic heterocycles. The van der Waals surface area contributed by atoms with Crippen molar-refractivity contribution in [3.05, 3.63) is 0 Å². The predicted molar refractivity (Wildman–Crippen MR) is 66.5 cm³/mol. The molecule has 0 bridgehead atoms. The Hall–Kier alpha value is 0.557. The molecule has 15 heavy (non-hydrogen) atoms. The third-order valence-electron chi connectivity index (χ3n) is 3.49. The highest BCUT2D eigenvalue weighted by Gasteiger charge is 2.60. The molecule has 1 saturated heterocycles. The van der Waals surface area contributed by atoms with E-state index in [1.165, 1.54) is 0 Å². The van der Waals surface area contributed by atoms with Gasteiger partial charge < -0.3 is 4.74 Å². The van der Waals surface area contributed by atoms with Crippen LogP contribution in [0.25, 0.3) is 0 Å². The van der Waals surface area contributed by atoms with Gasteiger partial charge in [0.2, 0.25) is 3.79 Å². The second-order valence-corrected chi connectivity index (χ2v) is 12.0. The van der Waals surface area contributed by atoms with Gasteiger partial charge in [0.15, 0.2) is 6.10 Å². The first kappa shape index (κ1) is 13.6. The lowest BCUT2D eigenvalue weighted by Crippen LogP contribution is -2.59. The molecule has 1 fully saturated rings. The zero-order chi connectivity index (χ0) is 11.9. The first-order chi connectivity index (χ1) is 6.76. The molecule has 0 spiro atoms. The number of hydrogen-bond donors (Lipinski definition) is 0. The van der Waals surface area contributed by atoms with Gasteiger partial charge in [0, 0.05) is 0 Å². The molecule has 2 nitrogen and oxygen atoms in total. The number of alkyl halides is 3. The molecule has 1 aliphatic rings. The Kier molecular flexibility index (Phi) is 4.03. The van der Waals surface area contributed by atoms with Gasteiger partial charge in [0.05, 0.1) is 13.6 Å². The van der Waals surface area contributed by atoms with Crippen LogP contribution in [0.2, 0.25) is 24.2 Å². The van der Waals surface area contributed by atoms with E-state index in [2.05, 4.69) is 20.4 Å². The van der Waals surface area contributed by atoms with E-state index in [0.717, 1.165) is 12.1 Å². The van der Waals surface area contributed by atoms with Gasteiger partial charge in [-0.1, -0.05) is 67.3 Å². The van der Waals surface area contributed by atoms with E-state index in [0.29, 0.717) is 0 Å². The van der Waals surface area contributed by atoms with Gasteiger partial charge in [0.25, 0.3) is 0 Å².